The molecule has 4 heteroatoms. The maximum absolute atomic E-state index is 12.3. The first kappa shape index (κ1) is 13.6. The maximum Gasteiger partial charge on any atom is 0.255 e. The molecule has 3 rings (SSSR count). The van der Waals surface area contributed by atoms with Crippen LogP contribution in [0.25, 0.3) is 0 Å². The summed E-state index contributed by atoms with van der Waals surface area (Å²) in [6.45, 7) is 3.66. The first-order valence-corrected chi connectivity index (χ1v) is 7.07. The van der Waals surface area contributed by atoms with Gasteiger partial charge in [0.05, 0.1) is 0 Å². The standard InChI is InChI=1S/C17H18N2O2/c1-11-8-15(20)4-5-16(11)17(21)19-14-3-2-12-6-7-18-10-13(12)9-14/h2-5,8-9,18,20H,6-7,10H2,1H3,(H,19,21). The van der Waals surface area contributed by atoms with E-state index in [9.17, 15) is 9.90 Å². The lowest BCUT2D eigenvalue weighted by Crippen LogP contribution is -2.23. The van der Waals surface area contributed by atoms with E-state index >= 15 is 0 Å². The summed E-state index contributed by atoms with van der Waals surface area (Å²) in [6, 6.07) is 10.8. The number of aryl methyl sites for hydroxylation is 1. The molecular weight excluding hydrogens is 264 g/mol. The van der Waals surface area contributed by atoms with E-state index in [1.165, 1.54) is 17.2 Å². The Kier molecular flexibility index (Phi) is 3.62. The number of hydrogen-bond donors (Lipinski definition) is 3. The molecule has 1 aliphatic rings. The van der Waals surface area contributed by atoms with Crippen molar-refractivity contribution in [2.75, 3.05) is 11.9 Å². The van der Waals surface area contributed by atoms with Gasteiger partial charge in [0.2, 0.25) is 0 Å². The van der Waals surface area contributed by atoms with Crippen molar-refractivity contribution >= 4 is 11.6 Å². The highest BCUT2D eigenvalue weighted by molar-refractivity contribution is 6.05. The van der Waals surface area contributed by atoms with Gasteiger partial charge in [-0.3, -0.25) is 4.79 Å². The molecule has 0 radical (unpaired) electrons. The molecule has 0 aliphatic carbocycles. The number of benzene rings is 2. The Hall–Kier alpha value is -2.33. The Morgan fingerprint density at radius 1 is 1.19 bits per heavy atom. The molecule has 0 spiro atoms. The van der Waals surface area contributed by atoms with Crippen molar-refractivity contribution in [1.82, 2.24) is 5.32 Å². The number of nitrogens with one attached hydrogen (secondary N) is 2. The molecule has 0 saturated heterocycles. The number of amides is 1. The minimum Gasteiger partial charge on any atom is -0.508 e. The molecule has 0 unspecified atom stereocenters. The first-order chi connectivity index (χ1) is 10.1. The van der Waals surface area contributed by atoms with E-state index in [2.05, 4.69) is 16.7 Å². The molecule has 1 heterocycles. The second-order valence-electron chi connectivity index (χ2n) is 5.36. The van der Waals surface area contributed by atoms with Gasteiger partial charge in [-0.2, -0.15) is 0 Å². The lowest BCUT2D eigenvalue weighted by Gasteiger charge is -2.18. The second-order valence-corrected chi connectivity index (χ2v) is 5.36. The Balaban J connectivity index is 1.81. The van der Waals surface area contributed by atoms with Crippen LogP contribution in [0.1, 0.15) is 27.0 Å². The zero-order valence-electron chi connectivity index (χ0n) is 11.9. The molecule has 1 aliphatic heterocycles. The molecular formula is C17H18N2O2. The van der Waals surface area contributed by atoms with Crippen LogP contribution in [0.4, 0.5) is 5.69 Å². The second kappa shape index (κ2) is 5.58. The fourth-order valence-electron chi connectivity index (χ4n) is 2.66. The zero-order valence-corrected chi connectivity index (χ0v) is 11.9. The Morgan fingerprint density at radius 2 is 2.05 bits per heavy atom. The van der Waals surface area contributed by atoms with Gasteiger partial charge in [-0.1, -0.05) is 6.07 Å². The van der Waals surface area contributed by atoms with Gasteiger partial charge in [-0.15, -0.1) is 0 Å². The van der Waals surface area contributed by atoms with Crippen LogP contribution in [0, 0.1) is 6.92 Å². The average Bonchev–Trinajstić information content (AvgIpc) is 2.47. The highest BCUT2D eigenvalue weighted by Crippen LogP contribution is 2.21. The summed E-state index contributed by atoms with van der Waals surface area (Å²) in [5.74, 6) is 0.0140. The molecule has 21 heavy (non-hydrogen) atoms. The topological polar surface area (TPSA) is 61.4 Å². The lowest BCUT2D eigenvalue weighted by atomic mass is 10.0. The molecule has 108 valence electrons. The van der Waals surface area contributed by atoms with Crippen molar-refractivity contribution in [2.24, 2.45) is 0 Å². The van der Waals surface area contributed by atoms with E-state index in [-0.39, 0.29) is 11.7 Å². The van der Waals surface area contributed by atoms with Crippen LogP contribution in [0.2, 0.25) is 0 Å². The van der Waals surface area contributed by atoms with Crippen molar-refractivity contribution in [2.45, 2.75) is 19.9 Å². The van der Waals surface area contributed by atoms with Gasteiger partial charge < -0.3 is 15.7 Å². The normalized spacial score (nSPS) is 13.6. The third-order valence-electron chi connectivity index (χ3n) is 3.81. The summed E-state index contributed by atoms with van der Waals surface area (Å²) >= 11 is 0. The number of hydrogen-bond acceptors (Lipinski definition) is 3. The minimum absolute atomic E-state index is 0.156. The molecule has 0 atom stereocenters. The highest BCUT2D eigenvalue weighted by Gasteiger charge is 2.12. The van der Waals surface area contributed by atoms with Gasteiger partial charge in [0, 0.05) is 17.8 Å². The van der Waals surface area contributed by atoms with Gasteiger partial charge in [0.15, 0.2) is 0 Å². The zero-order chi connectivity index (χ0) is 14.8. The number of phenolic OH excluding ortho intramolecular Hbond substituents is 1. The fraction of sp³-hybridized carbons (Fsp3) is 0.235. The summed E-state index contributed by atoms with van der Waals surface area (Å²) in [5, 5.41) is 15.7. The lowest BCUT2D eigenvalue weighted by molar-refractivity contribution is 0.102. The Morgan fingerprint density at radius 3 is 2.86 bits per heavy atom. The van der Waals surface area contributed by atoms with Crippen molar-refractivity contribution in [3.05, 3.63) is 58.7 Å². The molecule has 0 bridgehead atoms. The molecule has 0 fully saturated rings. The van der Waals surface area contributed by atoms with E-state index < -0.39 is 0 Å². The molecule has 1 amide bonds. The fourth-order valence-corrected chi connectivity index (χ4v) is 2.66. The molecule has 2 aromatic rings. The monoisotopic (exact) mass is 282 g/mol. The highest BCUT2D eigenvalue weighted by atomic mass is 16.3. The number of phenols is 1. The molecule has 2 aromatic carbocycles. The number of anilines is 1. The van der Waals surface area contributed by atoms with Crippen LogP contribution in [0.15, 0.2) is 36.4 Å². The summed E-state index contributed by atoms with van der Waals surface area (Å²) < 4.78 is 0. The maximum atomic E-state index is 12.3. The van der Waals surface area contributed by atoms with Gasteiger partial charge in [0.25, 0.3) is 5.91 Å². The van der Waals surface area contributed by atoms with Gasteiger partial charge in [-0.25, -0.2) is 0 Å². The predicted molar refractivity (Wildman–Crippen MR) is 82.6 cm³/mol. The van der Waals surface area contributed by atoms with Crippen LogP contribution in [-0.2, 0) is 13.0 Å². The van der Waals surface area contributed by atoms with Crippen LogP contribution in [0.3, 0.4) is 0 Å². The van der Waals surface area contributed by atoms with Crippen molar-refractivity contribution in [3.63, 3.8) is 0 Å². The van der Waals surface area contributed by atoms with E-state index in [0.717, 1.165) is 30.8 Å². The quantitative estimate of drug-likeness (QED) is 0.793. The summed E-state index contributed by atoms with van der Waals surface area (Å²) in [6.07, 6.45) is 1.03. The predicted octanol–water partition coefficient (Wildman–Crippen LogP) is 2.60. The van der Waals surface area contributed by atoms with Crippen LogP contribution < -0.4 is 10.6 Å². The SMILES string of the molecule is Cc1cc(O)ccc1C(=O)Nc1ccc2c(c1)CNCC2. The van der Waals surface area contributed by atoms with Crippen LogP contribution in [-0.4, -0.2) is 17.6 Å². The smallest absolute Gasteiger partial charge is 0.255 e. The summed E-state index contributed by atoms with van der Waals surface area (Å²) in [5.41, 5.74) is 4.71. The Labute approximate surface area is 123 Å². The van der Waals surface area contributed by atoms with E-state index in [4.69, 9.17) is 0 Å². The number of rotatable bonds is 2. The third kappa shape index (κ3) is 2.90. The molecule has 0 aromatic heterocycles. The third-order valence-corrected chi connectivity index (χ3v) is 3.81. The summed E-state index contributed by atoms with van der Waals surface area (Å²) in [7, 11) is 0. The van der Waals surface area contributed by atoms with E-state index in [0.29, 0.717) is 5.56 Å². The van der Waals surface area contributed by atoms with E-state index in [1.54, 1.807) is 12.1 Å². The molecule has 3 N–H and O–H groups in total. The Bertz CT molecular complexity index is 695. The van der Waals surface area contributed by atoms with Gasteiger partial charge in [0.1, 0.15) is 5.75 Å². The minimum atomic E-state index is -0.156. The van der Waals surface area contributed by atoms with Crippen LogP contribution in [0.5, 0.6) is 5.75 Å². The average molecular weight is 282 g/mol. The van der Waals surface area contributed by atoms with Crippen molar-refractivity contribution in [1.29, 1.82) is 0 Å². The van der Waals surface area contributed by atoms with Gasteiger partial charge in [-0.05, 0) is 66.9 Å². The first-order valence-electron chi connectivity index (χ1n) is 7.07. The van der Waals surface area contributed by atoms with Crippen LogP contribution >= 0.6 is 0 Å². The number of aromatic hydroxyl groups is 1. The summed E-state index contributed by atoms with van der Waals surface area (Å²) in [4.78, 5) is 12.3. The number of carbonyl (C=O) groups excluding carboxylic acids is 1. The molecule has 0 saturated carbocycles. The largest absolute Gasteiger partial charge is 0.508 e. The van der Waals surface area contributed by atoms with E-state index in [1.807, 2.05) is 19.1 Å². The molecule has 4 nitrogen and oxygen atoms in total. The number of fused-ring (bicyclic) bond motifs is 1. The van der Waals surface area contributed by atoms with Crippen molar-refractivity contribution < 1.29 is 9.90 Å². The van der Waals surface area contributed by atoms with Gasteiger partial charge >= 0.3 is 0 Å². The van der Waals surface area contributed by atoms with Crippen molar-refractivity contribution in [3.8, 4) is 5.75 Å². The number of carbonyl (C=O) groups is 1.